The number of rotatable bonds is 4. The van der Waals surface area contributed by atoms with Crippen LogP contribution in [0.2, 0.25) is 10.0 Å². The molecule has 162 valence electrons. The fourth-order valence-corrected chi connectivity index (χ4v) is 4.08. The molecule has 6 nitrogen and oxygen atoms in total. The molecule has 0 saturated heterocycles. The third-order valence-corrected chi connectivity index (χ3v) is 5.39. The van der Waals surface area contributed by atoms with Crippen LogP contribution in [0, 0.1) is 0 Å². The van der Waals surface area contributed by atoms with E-state index in [2.05, 4.69) is 4.67 Å². The van der Waals surface area contributed by atoms with Crippen LogP contribution in [0.4, 0.5) is 18.9 Å². The van der Waals surface area contributed by atoms with E-state index < -0.39 is 36.6 Å². The van der Waals surface area contributed by atoms with E-state index in [4.69, 9.17) is 32.7 Å². The van der Waals surface area contributed by atoms with Crippen molar-refractivity contribution in [3.05, 3.63) is 57.6 Å². The molecule has 11 heteroatoms. The number of ether oxygens (including phenoxy) is 2. The quantitative estimate of drug-likeness (QED) is 0.673. The first kappa shape index (κ1) is 21.5. The van der Waals surface area contributed by atoms with Gasteiger partial charge in [-0.3, -0.25) is 4.79 Å². The summed E-state index contributed by atoms with van der Waals surface area (Å²) in [5.41, 5.74) is 0.822. The number of methoxy groups -OCH3 is 1. The van der Waals surface area contributed by atoms with Gasteiger partial charge in [0.1, 0.15) is 17.5 Å². The fraction of sp³-hybridized carbons (Fsp3) is 0.250. The summed E-state index contributed by atoms with van der Waals surface area (Å²) in [5.74, 6) is -2.32. The molecule has 1 unspecified atom stereocenters. The van der Waals surface area contributed by atoms with Crippen LogP contribution in [-0.2, 0) is 9.53 Å². The second-order valence-corrected chi connectivity index (χ2v) is 7.64. The molecule has 0 fully saturated rings. The maximum absolute atomic E-state index is 13.6. The number of alkyl halides is 3. The predicted molar refractivity (Wildman–Crippen MR) is 109 cm³/mol. The number of carboxylic acids is 1. The molecule has 2 aromatic carbocycles. The Morgan fingerprint density at radius 3 is 2.65 bits per heavy atom. The van der Waals surface area contributed by atoms with Gasteiger partial charge in [-0.25, -0.2) is 4.67 Å². The van der Waals surface area contributed by atoms with Gasteiger partial charge in [0.15, 0.2) is 6.10 Å². The Morgan fingerprint density at radius 2 is 2.00 bits per heavy atom. The van der Waals surface area contributed by atoms with E-state index in [1.165, 1.54) is 25.3 Å². The van der Waals surface area contributed by atoms with Crippen LogP contribution in [-0.4, -0.2) is 42.1 Å². The fourth-order valence-electron chi connectivity index (χ4n) is 3.64. The largest absolute Gasteiger partial charge is 0.495 e. The number of halogens is 5. The van der Waals surface area contributed by atoms with Gasteiger partial charge < -0.3 is 14.6 Å². The summed E-state index contributed by atoms with van der Waals surface area (Å²) >= 11 is 12.4. The lowest BCUT2D eigenvalue weighted by Crippen LogP contribution is -2.59. The third-order valence-electron chi connectivity index (χ3n) is 4.86. The summed E-state index contributed by atoms with van der Waals surface area (Å²) < 4.78 is 55.7. The summed E-state index contributed by atoms with van der Waals surface area (Å²) in [5, 5.41) is 9.85. The molecule has 0 bridgehead atoms. The second-order valence-electron chi connectivity index (χ2n) is 6.79. The zero-order valence-electron chi connectivity index (χ0n) is 15.8. The van der Waals surface area contributed by atoms with Gasteiger partial charge in [-0.2, -0.15) is 18.1 Å². The van der Waals surface area contributed by atoms with Gasteiger partial charge in [-0.1, -0.05) is 35.3 Å². The maximum atomic E-state index is 13.6. The van der Waals surface area contributed by atoms with Crippen molar-refractivity contribution in [2.45, 2.75) is 24.8 Å². The van der Waals surface area contributed by atoms with Crippen molar-refractivity contribution in [3.8, 4) is 5.75 Å². The number of fused-ring (bicyclic) bond motifs is 3. The van der Waals surface area contributed by atoms with Crippen LogP contribution in [0.15, 0.2) is 36.4 Å². The Morgan fingerprint density at radius 1 is 1.26 bits per heavy atom. The van der Waals surface area contributed by atoms with E-state index in [1.54, 1.807) is 18.2 Å². The molecule has 31 heavy (non-hydrogen) atoms. The highest BCUT2D eigenvalue weighted by atomic mass is 35.5. The molecule has 0 aromatic heterocycles. The number of carbonyl (C=O) groups is 1. The van der Waals surface area contributed by atoms with E-state index in [0.717, 1.165) is 4.90 Å². The Balaban J connectivity index is 1.96. The maximum Gasteiger partial charge on any atom is 0.495 e. The summed E-state index contributed by atoms with van der Waals surface area (Å²) in [7, 11) is 1.39. The number of anilines is 1. The first-order valence-electron chi connectivity index (χ1n) is 8.93. The molecule has 0 aliphatic carbocycles. The zero-order chi connectivity index (χ0) is 22.5. The lowest BCUT2D eigenvalue weighted by molar-refractivity contribution is -0.139. The lowest BCUT2D eigenvalue weighted by atomic mass is 9.98. The number of amidine groups is 2. The molecule has 0 amide bonds. The number of carboxylic acid groups (broad SMARTS) is 1. The van der Waals surface area contributed by atoms with Gasteiger partial charge in [0.25, 0.3) is 0 Å². The SMILES string of the molecule is COc1c(Cl)cccc1[C@H]1OC(CC(=O)O)C2=[N+]=C(C(F)(F)F)N2c2ccc(Cl)cc21. The summed E-state index contributed by atoms with van der Waals surface area (Å²) in [6.07, 6.45) is -7.62. The molecule has 4 rings (SSSR count). The van der Waals surface area contributed by atoms with Crippen molar-refractivity contribution < 1.29 is 32.5 Å². The summed E-state index contributed by atoms with van der Waals surface area (Å²) in [4.78, 5) is 12.3. The average molecular weight is 474 g/mol. The number of para-hydroxylation sites is 1. The van der Waals surface area contributed by atoms with Crippen LogP contribution in [0.25, 0.3) is 0 Å². The van der Waals surface area contributed by atoms with Crippen molar-refractivity contribution in [2.75, 3.05) is 12.0 Å². The van der Waals surface area contributed by atoms with Crippen LogP contribution < -0.4 is 14.3 Å². The summed E-state index contributed by atoms with van der Waals surface area (Å²) in [6.45, 7) is 0. The van der Waals surface area contributed by atoms with E-state index in [-0.39, 0.29) is 32.9 Å². The van der Waals surface area contributed by atoms with Crippen molar-refractivity contribution in [2.24, 2.45) is 0 Å². The summed E-state index contributed by atoms with van der Waals surface area (Å²) in [6, 6.07) is 9.17. The molecular weight excluding hydrogens is 460 g/mol. The number of hydrogen-bond acceptors (Lipinski definition) is 4. The van der Waals surface area contributed by atoms with Crippen LogP contribution >= 0.6 is 23.2 Å². The van der Waals surface area contributed by atoms with Crippen molar-refractivity contribution in [1.29, 1.82) is 0 Å². The molecule has 0 radical (unpaired) electrons. The Kier molecular flexibility index (Phi) is 5.39. The molecule has 0 saturated carbocycles. The monoisotopic (exact) mass is 473 g/mol. The number of benzene rings is 2. The molecule has 2 aliphatic rings. The normalized spacial score (nSPS) is 20.0. The minimum atomic E-state index is -4.75. The number of hydrogen-bond donors (Lipinski definition) is 1. The van der Waals surface area contributed by atoms with Crippen molar-refractivity contribution in [1.82, 2.24) is 4.67 Å². The highest BCUT2D eigenvalue weighted by Crippen LogP contribution is 2.45. The number of nitrogens with zero attached hydrogens (tertiary/aromatic N) is 2. The van der Waals surface area contributed by atoms with Gasteiger partial charge in [0, 0.05) is 16.1 Å². The Bertz CT molecular complexity index is 1150. The van der Waals surface area contributed by atoms with Gasteiger partial charge in [-0.05, 0) is 24.3 Å². The Hall–Kier alpha value is -2.71. The number of aliphatic carboxylic acids is 1. The molecular formula is C20H14Cl2F3N2O4+. The van der Waals surface area contributed by atoms with Crippen LogP contribution in [0.5, 0.6) is 5.75 Å². The van der Waals surface area contributed by atoms with Crippen LogP contribution in [0.1, 0.15) is 23.7 Å². The molecule has 2 aliphatic heterocycles. The lowest BCUT2D eigenvalue weighted by Gasteiger charge is -2.25. The van der Waals surface area contributed by atoms with E-state index in [1.807, 2.05) is 0 Å². The minimum Gasteiger partial charge on any atom is -0.495 e. The van der Waals surface area contributed by atoms with Gasteiger partial charge in [0.2, 0.25) is 0 Å². The van der Waals surface area contributed by atoms with E-state index in [0.29, 0.717) is 5.56 Å². The van der Waals surface area contributed by atoms with E-state index in [9.17, 15) is 23.1 Å². The average Bonchev–Trinajstić information content (AvgIpc) is 2.73. The highest BCUT2D eigenvalue weighted by molar-refractivity contribution is 6.32. The van der Waals surface area contributed by atoms with Crippen LogP contribution in [0.3, 0.4) is 0 Å². The minimum absolute atomic E-state index is 0.127. The third kappa shape index (κ3) is 3.74. The predicted octanol–water partition coefficient (Wildman–Crippen LogP) is 4.21. The first-order chi connectivity index (χ1) is 14.6. The molecule has 2 aromatic rings. The Labute approximate surface area is 184 Å². The molecule has 1 N–H and O–H groups in total. The first-order valence-corrected chi connectivity index (χ1v) is 9.69. The standard InChI is InChI=1S/C20H13Cl2F3N2O4/c1-30-17-10(3-2-4-12(17)22)16-11-7-9(21)5-6-13(11)27-18(14(31-16)8-15(28)29)26-19(27)20(23,24)25/h2-7,14,16H,8H2,1H3/p+1/t14?,16-/m1/s1. The highest BCUT2D eigenvalue weighted by Gasteiger charge is 2.59. The molecule has 0 spiro atoms. The zero-order valence-corrected chi connectivity index (χ0v) is 17.3. The van der Waals surface area contributed by atoms with E-state index >= 15 is 0 Å². The van der Waals surface area contributed by atoms with Gasteiger partial charge in [-0.15, -0.1) is 0 Å². The molecule has 2 atom stereocenters. The van der Waals surface area contributed by atoms with Gasteiger partial charge in [0.05, 0.1) is 18.6 Å². The second kappa shape index (κ2) is 7.76. The molecule has 2 heterocycles. The smallest absolute Gasteiger partial charge is 0.495 e. The van der Waals surface area contributed by atoms with Crippen molar-refractivity contribution in [3.63, 3.8) is 0 Å². The van der Waals surface area contributed by atoms with Gasteiger partial charge >= 0.3 is 23.8 Å². The topological polar surface area (TPSA) is 73.1 Å². The van der Waals surface area contributed by atoms with Crippen molar-refractivity contribution >= 4 is 46.5 Å².